The van der Waals surface area contributed by atoms with Gasteiger partial charge in [-0.3, -0.25) is 4.98 Å². The molecule has 0 fully saturated rings. The van der Waals surface area contributed by atoms with Crippen LogP contribution in [0.2, 0.25) is 0 Å². The van der Waals surface area contributed by atoms with E-state index in [0.29, 0.717) is 24.8 Å². The summed E-state index contributed by atoms with van der Waals surface area (Å²) >= 11 is 0. The highest BCUT2D eigenvalue weighted by atomic mass is 16.5. The number of hydrogen-bond acceptors (Lipinski definition) is 5. The van der Waals surface area contributed by atoms with Crippen molar-refractivity contribution in [3.63, 3.8) is 0 Å². The maximum absolute atomic E-state index is 11.4. The van der Waals surface area contributed by atoms with E-state index >= 15 is 0 Å². The van der Waals surface area contributed by atoms with Crippen LogP contribution in [0.15, 0.2) is 60.6 Å². The molecule has 0 bridgehead atoms. The number of carboxylic acid groups (broad SMARTS) is 1. The van der Waals surface area contributed by atoms with Crippen molar-refractivity contribution >= 4 is 17.3 Å². The Morgan fingerprint density at radius 2 is 2.23 bits per heavy atom. The molecule has 6 heteroatoms. The predicted molar refractivity (Wildman–Crippen MR) is 118 cm³/mol. The van der Waals surface area contributed by atoms with Gasteiger partial charge in [0, 0.05) is 31.2 Å². The van der Waals surface area contributed by atoms with Crippen LogP contribution in [0.1, 0.15) is 40.9 Å². The number of aromatic carboxylic acids is 1. The van der Waals surface area contributed by atoms with Gasteiger partial charge < -0.3 is 20.1 Å². The molecule has 2 aliphatic rings. The SMILES string of the molecule is CC1C=CC=C(N(C)c2ccc3c(c2)CCOC3CNc2cnccc2C(=O)O)C1. The quantitative estimate of drug-likeness (QED) is 0.741. The Morgan fingerprint density at radius 3 is 3.03 bits per heavy atom. The number of fused-ring (bicyclic) bond motifs is 1. The van der Waals surface area contributed by atoms with E-state index in [0.717, 1.165) is 18.4 Å². The van der Waals surface area contributed by atoms with E-state index < -0.39 is 5.97 Å². The molecule has 0 radical (unpaired) electrons. The predicted octanol–water partition coefficient (Wildman–Crippen LogP) is 4.42. The summed E-state index contributed by atoms with van der Waals surface area (Å²) in [5, 5.41) is 12.6. The van der Waals surface area contributed by atoms with Crippen molar-refractivity contribution in [2.24, 2.45) is 5.92 Å². The number of rotatable bonds is 6. The van der Waals surface area contributed by atoms with Crippen molar-refractivity contribution in [2.75, 3.05) is 30.4 Å². The van der Waals surface area contributed by atoms with E-state index in [4.69, 9.17) is 4.74 Å². The topological polar surface area (TPSA) is 74.7 Å². The molecule has 0 amide bonds. The smallest absolute Gasteiger partial charge is 0.337 e. The first kappa shape index (κ1) is 20.2. The van der Waals surface area contributed by atoms with Crippen LogP contribution < -0.4 is 10.2 Å². The average molecular weight is 405 g/mol. The van der Waals surface area contributed by atoms with E-state index in [1.165, 1.54) is 29.2 Å². The number of nitrogens with zero attached hydrogens (tertiary/aromatic N) is 2. The first-order valence-electron chi connectivity index (χ1n) is 10.3. The minimum Gasteiger partial charge on any atom is -0.478 e. The molecule has 0 spiro atoms. The van der Waals surface area contributed by atoms with Gasteiger partial charge in [0.25, 0.3) is 0 Å². The monoisotopic (exact) mass is 405 g/mol. The second-order valence-electron chi connectivity index (χ2n) is 7.88. The number of carbonyl (C=O) groups is 1. The van der Waals surface area contributed by atoms with Gasteiger partial charge in [0.15, 0.2) is 0 Å². The van der Waals surface area contributed by atoms with Crippen LogP contribution in [-0.2, 0) is 11.2 Å². The van der Waals surface area contributed by atoms with E-state index in [1.54, 1.807) is 6.20 Å². The molecule has 156 valence electrons. The molecule has 1 aromatic heterocycles. The first-order chi connectivity index (χ1) is 14.5. The molecule has 2 unspecified atom stereocenters. The van der Waals surface area contributed by atoms with Crippen molar-refractivity contribution in [2.45, 2.75) is 25.9 Å². The summed E-state index contributed by atoms with van der Waals surface area (Å²) in [7, 11) is 2.12. The van der Waals surface area contributed by atoms with E-state index in [9.17, 15) is 9.90 Å². The number of hydrogen-bond donors (Lipinski definition) is 2. The molecule has 1 aliphatic carbocycles. The minimum absolute atomic E-state index is 0.133. The van der Waals surface area contributed by atoms with Gasteiger partial charge in [-0.05, 0) is 54.2 Å². The Bertz CT molecular complexity index is 999. The summed E-state index contributed by atoms with van der Waals surface area (Å²) in [6.45, 7) is 3.37. The third kappa shape index (κ3) is 4.24. The molecule has 2 aromatic rings. The molecule has 1 aliphatic heterocycles. The maximum Gasteiger partial charge on any atom is 0.337 e. The van der Waals surface area contributed by atoms with E-state index in [1.807, 2.05) is 0 Å². The summed E-state index contributed by atoms with van der Waals surface area (Å²) in [5.74, 6) is -0.421. The molecule has 0 saturated heterocycles. The number of benzene rings is 1. The number of aromatic nitrogens is 1. The fraction of sp³-hybridized carbons (Fsp3) is 0.333. The molecule has 1 aromatic carbocycles. The van der Waals surface area contributed by atoms with Crippen LogP contribution in [-0.4, -0.2) is 36.3 Å². The van der Waals surface area contributed by atoms with Gasteiger partial charge in [-0.15, -0.1) is 0 Å². The van der Waals surface area contributed by atoms with Crippen molar-refractivity contribution in [3.05, 3.63) is 77.3 Å². The lowest BCUT2D eigenvalue weighted by atomic mass is 9.95. The highest BCUT2D eigenvalue weighted by molar-refractivity contribution is 5.93. The largest absolute Gasteiger partial charge is 0.478 e. The second-order valence-corrected chi connectivity index (χ2v) is 7.88. The summed E-state index contributed by atoms with van der Waals surface area (Å²) in [6.07, 6.45) is 11.4. The lowest BCUT2D eigenvalue weighted by Crippen LogP contribution is -2.24. The molecule has 4 rings (SSSR count). The van der Waals surface area contributed by atoms with Gasteiger partial charge in [0.1, 0.15) is 0 Å². The van der Waals surface area contributed by atoms with Crippen molar-refractivity contribution in [3.8, 4) is 0 Å². The van der Waals surface area contributed by atoms with Crippen molar-refractivity contribution in [1.29, 1.82) is 0 Å². The molecule has 0 saturated carbocycles. The third-order valence-corrected chi connectivity index (χ3v) is 5.77. The van der Waals surface area contributed by atoms with Crippen LogP contribution in [0, 0.1) is 5.92 Å². The summed E-state index contributed by atoms with van der Waals surface area (Å²) in [5.41, 5.74) is 5.63. The zero-order valence-corrected chi connectivity index (χ0v) is 17.3. The number of ether oxygens (including phenoxy) is 1. The number of anilines is 2. The van der Waals surface area contributed by atoms with Crippen LogP contribution in [0.25, 0.3) is 0 Å². The number of nitrogens with one attached hydrogen (secondary N) is 1. The zero-order valence-electron chi connectivity index (χ0n) is 17.3. The highest BCUT2D eigenvalue weighted by Gasteiger charge is 2.23. The molecule has 2 N–H and O–H groups in total. The standard InChI is InChI=1S/C24H27N3O3/c1-16-4-3-5-18(12-16)27(2)19-6-7-20-17(13-19)9-11-30-23(20)15-26-22-14-25-10-8-21(22)24(28)29/h3-8,10,13-14,16,23,26H,9,11-12,15H2,1-2H3,(H,28,29). The Labute approximate surface area is 176 Å². The van der Waals surface area contributed by atoms with Gasteiger partial charge >= 0.3 is 5.97 Å². The number of pyridine rings is 1. The molecule has 2 atom stereocenters. The van der Waals surface area contributed by atoms with Crippen LogP contribution in [0.3, 0.4) is 0 Å². The summed E-state index contributed by atoms with van der Waals surface area (Å²) in [4.78, 5) is 17.7. The minimum atomic E-state index is -0.973. The van der Waals surface area contributed by atoms with Crippen LogP contribution in [0.5, 0.6) is 0 Å². The lowest BCUT2D eigenvalue weighted by Gasteiger charge is -2.30. The molecular weight excluding hydrogens is 378 g/mol. The Kier molecular flexibility index (Phi) is 5.86. The average Bonchev–Trinajstić information content (AvgIpc) is 2.76. The number of allylic oxidation sites excluding steroid dienone is 4. The van der Waals surface area contributed by atoms with Crippen LogP contribution >= 0.6 is 0 Å². The van der Waals surface area contributed by atoms with E-state index in [-0.39, 0.29) is 11.7 Å². The molecule has 2 heterocycles. The Morgan fingerprint density at radius 1 is 1.37 bits per heavy atom. The van der Waals surface area contributed by atoms with Crippen molar-refractivity contribution < 1.29 is 14.6 Å². The maximum atomic E-state index is 11.4. The highest BCUT2D eigenvalue weighted by Crippen LogP contribution is 2.33. The second kappa shape index (κ2) is 8.71. The molecule has 6 nitrogen and oxygen atoms in total. The third-order valence-electron chi connectivity index (χ3n) is 5.77. The fourth-order valence-electron chi connectivity index (χ4n) is 4.06. The Hall–Kier alpha value is -3.12. The normalized spacial score (nSPS) is 20.3. The fourth-order valence-corrected chi connectivity index (χ4v) is 4.06. The molecule has 30 heavy (non-hydrogen) atoms. The van der Waals surface area contributed by atoms with Gasteiger partial charge in [-0.2, -0.15) is 0 Å². The summed E-state index contributed by atoms with van der Waals surface area (Å²) < 4.78 is 5.99. The van der Waals surface area contributed by atoms with E-state index in [2.05, 4.69) is 65.6 Å². The first-order valence-corrected chi connectivity index (χ1v) is 10.3. The van der Waals surface area contributed by atoms with Crippen molar-refractivity contribution in [1.82, 2.24) is 4.98 Å². The van der Waals surface area contributed by atoms with Gasteiger partial charge in [0.05, 0.1) is 30.2 Å². The Balaban J connectivity index is 1.50. The zero-order chi connectivity index (χ0) is 21.1. The number of carboxylic acids is 1. The lowest BCUT2D eigenvalue weighted by molar-refractivity contribution is 0.0512. The van der Waals surface area contributed by atoms with Gasteiger partial charge in [-0.25, -0.2) is 4.79 Å². The summed E-state index contributed by atoms with van der Waals surface area (Å²) in [6, 6.07) is 8.02. The van der Waals surface area contributed by atoms with Gasteiger partial charge in [0.2, 0.25) is 0 Å². The molecular formula is C24H27N3O3. The van der Waals surface area contributed by atoms with Crippen LogP contribution in [0.4, 0.5) is 11.4 Å². The van der Waals surface area contributed by atoms with Gasteiger partial charge in [-0.1, -0.05) is 25.1 Å².